The molecule has 1 atom stereocenters. The topological polar surface area (TPSA) is 116 Å². The number of imide groups is 1. The molecule has 0 spiro atoms. The number of nitrogens with zero attached hydrogens (tertiary/aromatic N) is 1. The molecule has 122 valence electrons. The Labute approximate surface area is 132 Å². The molecule has 1 saturated heterocycles. The minimum Gasteiger partial charge on any atom is -0.480 e. The number of rotatable bonds is 6. The van der Waals surface area contributed by atoms with Crippen molar-refractivity contribution in [3.63, 3.8) is 0 Å². The van der Waals surface area contributed by atoms with Crippen LogP contribution in [0.4, 0.5) is 4.79 Å². The molecular formula is C15H17N3O5. The summed E-state index contributed by atoms with van der Waals surface area (Å²) in [6, 6.07) is 7.19. The van der Waals surface area contributed by atoms with E-state index in [1.807, 2.05) is 6.07 Å². The third-order valence-electron chi connectivity index (χ3n) is 3.39. The van der Waals surface area contributed by atoms with Gasteiger partial charge in [-0.25, -0.2) is 9.59 Å². The van der Waals surface area contributed by atoms with E-state index in [0.717, 1.165) is 10.5 Å². The molecule has 1 aromatic carbocycles. The number of nitrogens with one attached hydrogen (secondary N) is 2. The third-order valence-corrected chi connectivity index (χ3v) is 3.39. The molecule has 0 saturated carbocycles. The molecule has 1 aliphatic heterocycles. The lowest BCUT2D eigenvalue weighted by Gasteiger charge is -2.26. The first kappa shape index (κ1) is 16.5. The summed E-state index contributed by atoms with van der Waals surface area (Å²) >= 11 is 0. The van der Waals surface area contributed by atoms with Crippen LogP contribution in [0.25, 0.3) is 0 Å². The third kappa shape index (κ3) is 4.80. The Hall–Kier alpha value is -2.90. The molecule has 1 aromatic rings. The Morgan fingerprint density at radius 2 is 1.96 bits per heavy atom. The van der Waals surface area contributed by atoms with Crippen LogP contribution in [0.1, 0.15) is 12.0 Å². The molecule has 1 aliphatic rings. The lowest BCUT2D eigenvalue weighted by Crippen LogP contribution is -2.54. The number of hydrogen-bond donors (Lipinski definition) is 3. The van der Waals surface area contributed by atoms with Gasteiger partial charge < -0.3 is 15.3 Å². The summed E-state index contributed by atoms with van der Waals surface area (Å²) in [5, 5.41) is 13.7. The van der Waals surface area contributed by atoms with Gasteiger partial charge in [0.1, 0.15) is 12.6 Å². The summed E-state index contributed by atoms with van der Waals surface area (Å²) in [5.74, 6) is -2.13. The summed E-state index contributed by atoms with van der Waals surface area (Å²) in [6.07, 6.45) is 0.262. The second-order valence-electron chi connectivity index (χ2n) is 5.17. The first-order chi connectivity index (χ1) is 11.0. The Morgan fingerprint density at radius 1 is 1.26 bits per heavy atom. The predicted octanol–water partition coefficient (Wildman–Crippen LogP) is -0.260. The molecule has 4 amide bonds. The van der Waals surface area contributed by atoms with Gasteiger partial charge in [0.15, 0.2) is 0 Å². The lowest BCUT2D eigenvalue weighted by atomic mass is 10.1. The second kappa shape index (κ2) is 7.39. The standard InChI is InChI=1S/C15H17N3O5/c19-12-6-7-18(15(23)17-12)9-13(20)16-11(14(21)22)8-10-4-2-1-3-5-10/h1-5,11H,6-9H2,(H,16,20)(H,21,22)(H,17,19,23)/t11-/m0/s1. The Balaban J connectivity index is 1.92. The van der Waals surface area contributed by atoms with Crippen LogP contribution >= 0.6 is 0 Å². The molecule has 0 aliphatic carbocycles. The van der Waals surface area contributed by atoms with Gasteiger partial charge >= 0.3 is 12.0 Å². The van der Waals surface area contributed by atoms with Crippen LogP contribution in [0, 0.1) is 0 Å². The number of aliphatic carboxylic acids is 1. The van der Waals surface area contributed by atoms with Crippen molar-refractivity contribution in [3.05, 3.63) is 35.9 Å². The van der Waals surface area contributed by atoms with Crippen molar-refractivity contribution >= 4 is 23.8 Å². The Morgan fingerprint density at radius 3 is 2.57 bits per heavy atom. The zero-order valence-corrected chi connectivity index (χ0v) is 12.3. The molecule has 8 nitrogen and oxygen atoms in total. The van der Waals surface area contributed by atoms with Crippen LogP contribution in [-0.2, 0) is 20.8 Å². The lowest BCUT2D eigenvalue weighted by molar-refractivity contribution is -0.141. The van der Waals surface area contributed by atoms with Gasteiger partial charge in [-0.15, -0.1) is 0 Å². The van der Waals surface area contributed by atoms with Gasteiger partial charge in [-0.05, 0) is 5.56 Å². The highest BCUT2D eigenvalue weighted by Gasteiger charge is 2.26. The molecule has 1 fully saturated rings. The van der Waals surface area contributed by atoms with Crippen LogP contribution in [0.3, 0.4) is 0 Å². The van der Waals surface area contributed by atoms with Crippen molar-refractivity contribution in [1.29, 1.82) is 0 Å². The van der Waals surface area contributed by atoms with Crippen molar-refractivity contribution in [2.45, 2.75) is 18.9 Å². The molecule has 0 unspecified atom stereocenters. The quantitative estimate of drug-likeness (QED) is 0.668. The summed E-state index contributed by atoms with van der Waals surface area (Å²) in [6.45, 7) is -0.161. The van der Waals surface area contributed by atoms with Crippen LogP contribution in [0.2, 0.25) is 0 Å². The van der Waals surface area contributed by atoms with Crippen molar-refractivity contribution in [1.82, 2.24) is 15.5 Å². The molecule has 3 N–H and O–H groups in total. The van der Waals surface area contributed by atoms with E-state index in [1.165, 1.54) is 0 Å². The van der Waals surface area contributed by atoms with Crippen LogP contribution < -0.4 is 10.6 Å². The summed E-state index contributed by atoms with van der Waals surface area (Å²) in [4.78, 5) is 47.0. The molecular weight excluding hydrogens is 302 g/mol. The SMILES string of the molecule is O=C1CCN(CC(=O)N[C@@H](Cc2ccccc2)C(=O)O)C(=O)N1. The Kier molecular flexibility index (Phi) is 5.29. The highest BCUT2D eigenvalue weighted by atomic mass is 16.4. The first-order valence-corrected chi connectivity index (χ1v) is 7.10. The van der Waals surface area contributed by atoms with Crippen LogP contribution in [-0.4, -0.2) is 53.0 Å². The van der Waals surface area contributed by atoms with E-state index in [-0.39, 0.29) is 31.8 Å². The van der Waals surface area contributed by atoms with Crippen LogP contribution in [0.15, 0.2) is 30.3 Å². The van der Waals surface area contributed by atoms with Crippen molar-refractivity contribution < 1.29 is 24.3 Å². The monoisotopic (exact) mass is 319 g/mol. The van der Waals surface area contributed by atoms with Gasteiger partial charge in [0.05, 0.1) is 0 Å². The van der Waals surface area contributed by atoms with Gasteiger partial charge in [0.2, 0.25) is 11.8 Å². The van der Waals surface area contributed by atoms with E-state index in [0.29, 0.717) is 0 Å². The fraction of sp³-hybridized carbons (Fsp3) is 0.333. The maximum absolute atomic E-state index is 12.0. The summed E-state index contributed by atoms with van der Waals surface area (Å²) in [7, 11) is 0. The van der Waals surface area contributed by atoms with Crippen molar-refractivity contribution in [2.24, 2.45) is 0 Å². The van der Waals surface area contributed by atoms with Gasteiger partial charge in [-0.3, -0.25) is 14.9 Å². The molecule has 8 heteroatoms. The van der Waals surface area contributed by atoms with Gasteiger partial charge in [-0.2, -0.15) is 0 Å². The smallest absolute Gasteiger partial charge is 0.326 e. The van der Waals surface area contributed by atoms with Gasteiger partial charge in [0, 0.05) is 19.4 Å². The largest absolute Gasteiger partial charge is 0.480 e. The molecule has 0 radical (unpaired) electrons. The average Bonchev–Trinajstić information content (AvgIpc) is 2.50. The normalized spacial score (nSPS) is 15.7. The minimum atomic E-state index is -1.15. The number of carbonyl (C=O) groups is 4. The second-order valence-corrected chi connectivity index (χ2v) is 5.17. The molecule has 23 heavy (non-hydrogen) atoms. The number of carboxylic acids is 1. The van der Waals surface area contributed by atoms with E-state index < -0.39 is 23.9 Å². The highest BCUT2D eigenvalue weighted by molar-refractivity contribution is 5.98. The van der Waals surface area contributed by atoms with Crippen LogP contribution in [0.5, 0.6) is 0 Å². The van der Waals surface area contributed by atoms with E-state index >= 15 is 0 Å². The average molecular weight is 319 g/mol. The minimum absolute atomic E-state index is 0.116. The zero-order valence-electron chi connectivity index (χ0n) is 12.3. The van der Waals surface area contributed by atoms with Gasteiger partial charge in [-0.1, -0.05) is 30.3 Å². The first-order valence-electron chi connectivity index (χ1n) is 7.10. The number of carboxylic acid groups (broad SMARTS) is 1. The fourth-order valence-electron chi connectivity index (χ4n) is 2.21. The highest BCUT2D eigenvalue weighted by Crippen LogP contribution is 2.04. The predicted molar refractivity (Wildman–Crippen MR) is 79.4 cm³/mol. The fourth-order valence-corrected chi connectivity index (χ4v) is 2.21. The number of benzene rings is 1. The zero-order chi connectivity index (χ0) is 16.8. The Bertz CT molecular complexity index is 617. The summed E-state index contributed by atoms with van der Waals surface area (Å²) < 4.78 is 0. The number of amides is 4. The van der Waals surface area contributed by atoms with E-state index in [2.05, 4.69) is 10.6 Å². The number of hydrogen-bond acceptors (Lipinski definition) is 4. The molecule has 0 bridgehead atoms. The van der Waals surface area contributed by atoms with Crippen molar-refractivity contribution in [3.8, 4) is 0 Å². The van der Waals surface area contributed by atoms with E-state index in [1.54, 1.807) is 24.3 Å². The van der Waals surface area contributed by atoms with E-state index in [9.17, 15) is 24.3 Å². The van der Waals surface area contributed by atoms with Crippen molar-refractivity contribution in [2.75, 3.05) is 13.1 Å². The molecule has 2 rings (SSSR count). The maximum atomic E-state index is 12.0. The molecule has 1 heterocycles. The summed E-state index contributed by atoms with van der Waals surface area (Å²) in [5.41, 5.74) is 0.779. The number of carbonyl (C=O) groups excluding carboxylic acids is 3. The van der Waals surface area contributed by atoms with Gasteiger partial charge in [0.25, 0.3) is 0 Å². The number of urea groups is 1. The molecule has 0 aromatic heterocycles. The maximum Gasteiger partial charge on any atom is 0.326 e. The van der Waals surface area contributed by atoms with E-state index in [4.69, 9.17) is 0 Å².